The molecule has 3 rings (SSSR count). The molecule has 1 fully saturated rings. The summed E-state index contributed by atoms with van der Waals surface area (Å²) in [5, 5.41) is 5.33. The molecule has 0 saturated carbocycles. The van der Waals surface area contributed by atoms with Gasteiger partial charge in [-0.3, -0.25) is 5.01 Å². The standard InChI is InChI=1S/C12H15N3O2/c1-2-17-12(16)11-8-4-3-5-9(8)15-10(14-11)6-7-13-15/h3-5,10,13-14H,2,6-7H2,1H3. The van der Waals surface area contributed by atoms with Crippen molar-refractivity contribution >= 4 is 5.97 Å². The monoisotopic (exact) mass is 233 g/mol. The number of hydrogen-bond donors (Lipinski definition) is 2. The van der Waals surface area contributed by atoms with Crippen molar-refractivity contribution < 1.29 is 9.53 Å². The smallest absolute Gasteiger partial charge is 0.355 e. The fraction of sp³-hybridized carbons (Fsp3) is 0.417. The summed E-state index contributed by atoms with van der Waals surface area (Å²) in [6.45, 7) is 3.13. The van der Waals surface area contributed by atoms with Gasteiger partial charge in [0.1, 0.15) is 11.9 Å². The molecule has 0 radical (unpaired) electrons. The molecule has 0 aromatic rings. The second-order valence-electron chi connectivity index (χ2n) is 4.15. The Bertz CT molecular complexity index is 451. The summed E-state index contributed by atoms with van der Waals surface area (Å²) in [4.78, 5) is 11.9. The van der Waals surface area contributed by atoms with Gasteiger partial charge in [-0.15, -0.1) is 0 Å². The first-order valence-corrected chi connectivity index (χ1v) is 5.90. The number of fused-ring (bicyclic) bond motifs is 3. The first kappa shape index (κ1) is 10.4. The zero-order valence-corrected chi connectivity index (χ0v) is 9.69. The summed E-state index contributed by atoms with van der Waals surface area (Å²) in [7, 11) is 0. The van der Waals surface area contributed by atoms with Crippen molar-refractivity contribution in [2.75, 3.05) is 13.2 Å². The number of ether oxygens (including phenoxy) is 1. The van der Waals surface area contributed by atoms with E-state index in [9.17, 15) is 4.79 Å². The van der Waals surface area contributed by atoms with E-state index < -0.39 is 0 Å². The second kappa shape index (κ2) is 3.92. The lowest BCUT2D eigenvalue weighted by molar-refractivity contribution is -0.139. The first-order chi connectivity index (χ1) is 8.31. The minimum absolute atomic E-state index is 0.143. The molecule has 0 amide bonds. The Balaban J connectivity index is 1.97. The molecule has 17 heavy (non-hydrogen) atoms. The Morgan fingerprint density at radius 3 is 3.35 bits per heavy atom. The van der Waals surface area contributed by atoms with Crippen LogP contribution in [-0.4, -0.2) is 30.3 Å². The highest BCUT2D eigenvalue weighted by atomic mass is 16.5. The van der Waals surface area contributed by atoms with E-state index in [1.807, 2.05) is 25.2 Å². The number of nitrogens with one attached hydrogen (secondary N) is 2. The second-order valence-corrected chi connectivity index (χ2v) is 4.15. The molecule has 1 aliphatic carbocycles. The molecule has 2 N–H and O–H groups in total. The van der Waals surface area contributed by atoms with Crippen LogP contribution in [0.4, 0.5) is 0 Å². The molecule has 1 saturated heterocycles. The lowest BCUT2D eigenvalue weighted by Crippen LogP contribution is -2.49. The van der Waals surface area contributed by atoms with Gasteiger partial charge in [-0.05, 0) is 13.0 Å². The Hall–Kier alpha value is -1.75. The third kappa shape index (κ3) is 1.54. The number of hydrogen-bond acceptors (Lipinski definition) is 5. The van der Waals surface area contributed by atoms with Gasteiger partial charge in [-0.2, -0.15) is 0 Å². The van der Waals surface area contributed by atoms with Gasteiger partial charge in [0.05, 0.1) is 12.3 Å². The molecule has 5 heteroatoms. The van der Waals surface area contributed by atoms with Gasteiger partial charge in [0, 0.05) is 18.5 Å². The van der Waals surface area contributed by atoms with E-state index in [-0.39, 0.29) is 12.1 Å². The fourth-order valence-corrected chi connectivity index (χ4v) is 2.40. The van der Waals surface area contributed by atoms with Crippen LogP contribution in [0.2, 0.25) is 0 Å². The van der Waals surface area contributed by atoms with Crippen LogP contribution in [0.15, 0.2) is 35.2 Å². The minimum Gasteiger partial charge on any atom is -0.461 e. The number of carbonyl (C=O) groups excluding carboxylic acids is 1. The van der Waals surface area contributed by atoms with E-state index in [4.69, 9.17) is 4.74 Å². The first-order valence-electron chi connectivity index (χ1n) is 5.90. The Labute approximate surface area is 99.8 Å². The Morgan fingerprint density at radius 1 is 1.65 bits per heavy atom. The summed E-state index contributed by atoms with van der Waals surface area (Å²) >= 11 is 0. The van der Waals surface area contributed by atoms with Crippen LogP contribution in [0, 0.1) is 0 Å². The van der Waals surface area contributed by atoms with Crippen molar-refractivity contribution in [1.29, 1.82) is 0 Å². The molecule has 2 aliphatic heterocycles. The van der Waals surface area contributed by atoms with E-state index in [0.717, 1.165) is 24.2 Å². The van der Waals surface area contributed by atoms with Crippen LogP contribution in [0.1, 0.15) is 13.3 Å². The number of carbonyl (C=O) groups is 1. The molecule has 1 unspecified atom stereocenters. The van der Waals surface area contributed by atoms with Gasteiger partial charge >= 0.3 is 5.97 Å². The van der Waals surface area contributed by atoms with Crippen LogP contribution < -0.4 is 10.7 Å². The number of rotatable bonds is 2. The normalized spacial score (nSPS) is 25.4. The third-order valence-electron chi connectivity index (χ3n) is 3.12. The van der Waals surface area contributed by atoms with E-state index >= 15 is 0 Å². The van der Waals surface area contributed by atoms with E-state index in [2.05, 4.69) is 15.8 Å². The third-order valence-corrected chi connectivity index (χ3v) is 3.12. The molecule has 5 nitrogen and oxygen atoms in total. The topological polar surface area (TPSA) is 53.6 Å². The van der Waals surface area contributed by atoms with Gasteiger partial charge in [-0.1, -0.05) is 12.2 Å². The highest BCUT2D eigenvalue weighted by Crippen LogP contribution is 2.31. The Morgan fingerprint density at radius 2 is 2.53 bits per heavy atom. The van der Waals surface area contributed by atoms with Crippen molar-refractivity contribution in [1.82, 2.24) is 15.8 Å². The van der Waals surface area contributed by atoms with Crippen LogP contribution in [0.25, 0.3) is 0 Å². The maximum Gasteiger partial charge on any atom is 0.355 e. The molecular formula is C12H15N3O2. The summed E-state index contributed by atoms with van der Waals surface area (Å²) in [5.41, 5.74) is 5.84. The van der Waals surface area contributed by atoms with Crippen molar-refractivity contribution in [3.8, 4) is 0 Å². The largest absolute Gasteiger partial charge is 0.461 e. The number of nitrogens with zero attached hydrogens (tertiary/aromatic N) is 1. The predicted octanol–water partition coefficient (Wildman–Crippen LogP) is 0.397. The molecular weight excluding hydrogens is 218 g/mol. The molecule has 0 aromatic heterocycles. The summed E-state index contributed by atoms with van der Waals surface area (Å²) in [5.74, 6) is -0.272. The molecule has 0 aromatic carbocycles. The van der Waals surface area contributed by atoms with Crippen molar-refractivity contribution in [2.45, 2.75) is 19.5 Å². The van der Waals surface area contributed by atoms with Crippen LogP contribution >= 0.6 is 0 Å². The molecule has 0 spiro atoms. The van der Waals surface area contributed by atoms with Crippen LogP contribution in [-0.2, 0) is 9.53 Å². The van der Waals surface area contributed by atoms with Gasteiger partial charge in [-0.25, -0.2) is 10.2 Å². The molecule has 90 valence electrons. The number of esters is 1. The van der Waals surface area contributed by atoms with Crippen LogP contribution in [0.5, 0.6) is 0 Å². The van der Waals surface area contributed by atoms with Gasteiger partial charge in [0.25, 0.3) is 0 Å². The quantitative estimate of drug-likeness (QED) is 0.676. The molecule has 3 aliphatic rings. The van der Waals surface area contributed by atoms with Crippen LogP contribution in [0.3, 0.4) is 0 Å². The van der Waals surface area contributed by atoms with Crippen molar-refractivity contribution in [3.05, 3.63) is 35.2 Å². The van der Waals surface area contributed by atoms with Crippen molar-refractivity contribution in [3.63, 3.8) is 0 Å². The molecule has 2 heterocycles. The molecule has 0 bridgehead atoms. The van der Waals surface area contributed by atoms with Crippen molar-refractivity contribution in [2.24, 2.45) is 0 Å². The van der Waals surface area contributed by atoms with E-state index in [1.54, 1.807) is 0 Å². The summed E-state index contributed by atoms with van der Waals surface area (Å²) in [6.07, 6.45) is 7.01. The number of allylic oxidation sites excluding steroid dienone is 3. The SMILES string of the molecule is CCOC(=O)C1=C2C=CC=C2N2NCCC2N1. The molecule has 1 atom stereocenters. The zero-order chi connectivity index (χ0) is 11.8. The average Bonchev–Trinajstić information content (AvgIpc) is 2.95. The summed E-state index contributed by atoms with van der Waals surface area (Å²) in [6, 6.07) is 0. The van der Waals surface area contributed by atoms with Gasteiger partial charge in [0.2, 0.25) is 0 Å². The van der Waals surface area contributed by atoms with E-state index in [1.165, 1.54) is 0 Å². The lowest BCUT2D eigenvalue weighted by Gasteiger charge is -2.35. The fourth-order valence-electron chi connectivity index (χ4n) is 2.40. The minimum atomic E-state index is -0.272. The highest BCUT2D eigenvalue weighted by molar-refractivity contribution is 5.91. The highest BCUT2D eigenvalue weighted by Gasteiger charge is 2.36. The maximum absolute atomic E-state index is 11.9. The Kier molecular flexibility index (Phi) is 2.40. The predicted molar refractivity (Wildman–Crippen MR) is 62.3 cm³/mol. The number of hydrazine groups is 1. The van der Waals surface area contributed by atoms with E-state index in [0.29, 0.717) is 12.3 Å². The average molecular weight is 233 g/mol. The van der Waals surface area contributed by atoms with Gasteiger partial charge in [0.15, 0.2) is 0 Å². The zero-order valence-electron chi connectivity index (χ0n) is 9.69. The van der Waals surface area contributed by atoms with Gasteiger partial charge < -0.3 is 10.1 Å². The lowest BCUT2D eigenvalue weighted by atomic mass is 10.1. The summed E-state index contributed by atoms with van der Waals surface area (Å²) < 4.78 is 5.08. The maximum atomic E-state index is 11.9.